The van der Waals surface area contributed by atoms with Crippen LogP contribution in [0.1, 0.15) is 27.2 Å². The fourth-order valence-corrected chi connectivity index (χ4v) is 4.27. The Kier molecular flexibility index (Phi) is 9.85. The summed E-state index contributed by atoms with van der Waals surface area (Å²) in [6, 6.07) is 0.632. The van der Waals surface area contributed by atoms with Gasteiger partial charge in [-0.15, -0.1) is 0 Å². The fraction of sp³-hybridized carbons (Fsp3) is 0.917. The lowest BCUT2D eigenvalue weighted by molar-refractivity contribution is 0.0708. The van der Waals surface area contributed by atoms with Crippen LogP contribution in [0.15, 0.2) is 0 Å². The minimum atomic E-state index is -2.56. The Labute approximate surface area is 117 Å². The van der Waals surface area contributed by atoms with Gasteiger partial charge in [0.1, 0.15) is 0 Å². The van der Waals surface area contributed by atoms with E-state index in [1.54, 1.807) is 14.1 Å². The SMILES string of the molecule is CCO[Si](CCCNC(=O)N(C)C)(OCC)OCC. The normalized spacial score (nSPS) is 11.4. The first-order valence-electron chi connectivity index (χ1n) is 6.88. The van der Waals surface area contributed by atoms with Crippen LogP contribution in [0, 0.1) is 0 Å². The van der Waals surface area contributed by atoms with E-state index in [0.29, 0.717) is 26.4 Å². The molecule has 1 N–H and O–H groups in total. The molecule has 0 aliphatic carbocycles. The van der Waals surface area contributed by atoms with Crippen molar-refractivity contribution < 1.29 is 18.1 Å². The largest absolute Gasteiger partial charge is 0.500 e. The molecule has 0 bridgehead atoms. The highest BCUT2D eigenvalue weighted by Crippen LogP contribution is 2.17. The molecule has 6 nitrogen and oxygen atoms in total. The number of rotatable bonds is 10. The summed E-state index contributed by atoms with van der Waals surface area (Å²) in [4.78, 5) is 12.9. The van der Waals surface area contributed by atoms with Gasteiger partial charge in [0, 0.05) is 46.5 Å². The topological polar surface area (TPSA) is 60.0 Å². The van der Waals surface area contributed by atoms with E-state index in [4.69, 9.17) is 13.3 Å². The van der Waals surface area contributed by atoms with Gasteiger partial charge in [0.15, 0.2) is 0 Å². The molecule has 0 aliphatic rings. The summed E-state index contributed by atoms with van der Waals surface area (Å²) in [5.41, 5.74) is 0. The second kappa shape index (κ2) is 10.2. The van der Waals surface area contributed by atoms with Crippen LogP contribution in [-0.4, -0.2) is 60.2 Å². The second-order valence-corrected chi connectivity index (χ2v) is 6.94. The lowest BCUT2D eigenvalue weighted by Crippen LogP contribution is -2.46. The number of hydrogen-bond donors (Lipinski definition) is 1. The summed E-state index contributed by atoms with van der Waals surface area (Å²) < 4.78 is 17.2. The zero-order chi connectivity index (χ0) is 14.7. The molecule has 114 valence electrons. The molecule has 0 aromatic rings. The smallest absolute Gasteiger partial charge is 0.374 e. The maximum absolute atomic E-state index is 11.4. The van der Waals surface area contributed by atoms with E-state index in [2.05, 4.69) is 5.32 Å². The van der Waals surface area contributed by atoms with E-state index >= 15 is 0 Å². The molecule has 0 fully saturated rings. The van der Waals surface area contributed by atoms with Crippen molar-refractivity contribution in [1.29, 1.82) is 0 Å². The van der Waals surface area contributed by atoms with Crippen LogP contribution in [0.2, 0.25) is 6.04 Å². The highest BCUT2D eigenvalue weighted by molar-refractivity contribution is 6.60. The first kappa shape index (κ1) is 18.4. The van der Waals surface area contributed by atoms with Crippen molar-refractivity contribution in [2.75, 3.05) is 40.5 Å². The molecule has 0 unspecified atom stereocenters. The summed E-state index contributed by atoms with van der Waals surface area (Å²) in [5.74, 6) is 0. The van der Waals surface area contributed by atoms with Gasteiger partial charge in [0.25, 0.3) is 0 Å². The number of amides is 2. The monoisotopic (exact) mass is 292 g/mol. The van der Waals surface area contributed by atoms with Crippen LogP contribution in [-0.2, 0) is 13.3 Å². The van der Waals surface area contributed by atoms with E-state index in [0.717, 1.165) is 12.5 Å². The van der Waals surface area contributed by atoms with E-state index in [1.165, 1.54) is 4.90 Å². The molecule has 0 saturated heterocycles. The van der Waals surface area contributed by atoms with E-state index < -0.39 is 8.80 Å². The van der Waals surface area contributed by atoms with Crippen molar-refractivity contribution in [2.45, 2.75) is 33.2 Å². The molecule has 0 spiro atoms. The predicted molar refractivity (Wildman–Crippen MR) is 77.1 cm³/mol. The van der Waals surface area contributed by atoms with Gasteiger partial charge in [-0.05, 0) is 27.2 Å². The lowest BCUT2D eigenvalue weighted by atomic mass is 10.5. The van der Waals surface area contributed by atoms with Crippen LogP contribution in [0.3, 0.4) is 0 Å². The summed E-state index contributed by atoms with van der Waals surface area (Å²) >= 11 is 0. The molecule has 0 atom stereocenters. The molecule has 2 amide bonds. The number of urea groups is 1. The van der Waals surface area contributed by atoms with Gasteiger partial charge in [0.2, 0.25) is 0 Å². The molecule has 0 aromatic carbocycles. The van der Waals surface area contributed by atoms with Crippen molar-refractivity contribution >= 4 is 14.8 Å². The van der Waals surface area contributed by atoms with Crippen LogP contribution in [0.5, 0.6) is 0 Å². The van der Waals surface area contributed by atoms with E-state index in [9.17, 15) is 4.79 Å². The molecular formula is C12H28N2O4Si. The molecule has 0 aliphatic heterocycles. The number of carbonyl (C=O) groups is 1. The minimum Gasteiger partial charge on any atom is -0.374 e. The zero-order valence-corrected chi connectivity index (χ0v) is 13.8. The first-order chi connectivity index (χ1) is 9.01. The van der Waals surface area contributed by atoms with Crippen molar-refractivity contribution in [2.24, 2.45) is 0 Å². The Morgan fingerprint density at radius 2 is 1.53 bits per heavy atom. The average molecular weight is 292 g/mol. The summed E-state index contributed by atoms with van der Waals surface area (Å²) in [6.07, 6.45) is 0.784. The number of hydrogen-bond acceptors (Lipinski definition) is 4. The molecular weight excluding hydrogens is 264 g/mol. The predicted octanol–water partition coefficient (Wildman–Crippen LogP) is 1.70. The molecule has 19 heavy (non-hydrogen) atoms. The minimum absolute atomic E-state index is 0.0866. The van der Waals surface area contributed by atoms with Gasteiger partial charge >= 0.3 is 14.8 Å². The fourth-order valence-electron chi connectivity index (χ4n) is 1.66. The third kappa shape index (κ3) is 7.51. The van der Waals surface area contributed by atoms with Crippen LogP contribution < -0.4 is 5.32 Å². The Morgan fingerprint density at radius 1 is 1.05 bits per heavy atom. The summed E-state index contributed by atoms with van der Waals surface area (Å²) in [5, 5.41) is 2.82. The van der Waals surface area contributed by atoms with Crippen molar-refractivity contribution in [3.05, 3.63) is 0 Å². The van der Waals surface area contributed by atoms with Crippen LogP contribution >= 0.6 is 0 Å². The van der Waals surface area contributed by atoms with E-state index in [-0.39, 0.29) is 6.03 Å². The molecule has 0 heterocycles. The van der Waals surface area contributed by atoms with Gasteiger partial charge in [0.05, 0.1) is 0 Å². The number of carbonyl (C=O) groups excluding carboxylic acids is 1. The van der Waals surface area contributed by atoms with E-state index in [1.807, 2.05) is 20.8 Å². The first-order valence-corrected chi connectivity index (χ1v) is 8.81. The quantitative estimate of drug-likeness (QED) is 0.492. The second-order valence-electron chi connectivity index (χ2n) is 4.21. The van der Waals surface area contributed by atoms with Gasteiger partial charge in [-0.1, -0.05) is 0 Å². The van der Waals surface area contributed by atoms with Gasteiger partial charge in [-0.3, -0.25) is 0 Å². The van der Waals surface area contributed by atoms with Crippen molar-refractivity contribution in [1.82, 2.24) is 10.2 Å². The lowest BCUT2D eigenvalue weighted by Gasteiger charge is -2.28. The molecule has 0 radical (unpaired) electrons. The highest BCUT2D eigenvalue weighted by atomic mass is 28.4. The van der Waals surface area contributed by atoms with Crippen molar-refractivity contribution in [3.8, 4) is 0 Å². The zero-order valence-electron chi connectivity index (χ0n) is 12.8. The molecule has 7 heteroatoms. The third-order valence-electron chi connectivity index (χ3n) is 2.43. The molecule has 0 rings (SSSR count). The maximum Gasteiger partial charge on any atom is 0.500 e. The maximum atomic E-state index is 11.4. The Hall–Kier alpha value is -0.633. The molecule has 0 aromatic heterocycles. The Bertz CT molecular complexity index is 235. The Morgan fingerprint density at radius 3 is 1.89 bits per heavy atom. The Balaban J connectivity index is 4.20. The summed E-state index contributed by atoms with van der Waals surface area (Å²) in [6.45, 7) is 8.15. The van der Waals surface area contributed by atoms with Gasteiger partial charge in [-0.25, -0.2) is 4.79 Å². The van der Waals surface area contributed by atoms with Crippen molar-refractivity contribution in [3.63, 3.8) is 0 Å². The number of nitrogens with one attached hydrogen (secondary N) is 1. The highest BCUT2D eigenvalue weighted by Gasteiger charge is 2.39. The number of nitrogens with zero attached hydrogens (tertiary/aromatic N) is 1. The van der Waals surface area contributed by atoms with Crippen LogP contribution in [0.25, 0.3) is 0 Å². The third-order valence-corrected chi connectivity index (χ3v) is 5.59. The summed E-state index contributed by atoms with van der Waals surface area (Å²) in [7, 11) is 0.875. The standard InChI is InChI=1S/C12H28N2O4Si/c1-6-16-19(17-7-2,18-8-3)11-9-10-13-12(15)14(4)5/h6-11H2,1-5H3,(H,13,15). The van der Waals surface area contributed by atoms with Gasteiger partial charge in [-0.2, -0.15) is 0 Å². The van der Waals surface area contributed by atoms with Gasteiger partial charge < -0.3 is 23.5 Å². The molecule has 0 saturated carbocycles. The van der Waals surface area contributed by atoms with Crippen LogP contribution in [0.4, 0.5) is 4.79 Å². The average Bonchev–Trinajstić information content (AvgIpc) is 2.35.